The van der Waals surface area contributed by atoms with Crippen molar-refractivity contribution in [3.05, 3.63) is 49.6 Å². The first kappa shape index (κ1) is 14.8. The molecule has 0 radical (unpaired) electrons. The Morgan fingerprint density at radius 2 is 2.19 bits per heavy atom. The van der Waals surface area contributed by atoms with E-state index < -0.39 is 0 Å². The largest absolute Gasteiger partial charge is 0.339 e. The molecule has 0 bridgehead atoms. The van der Waals surface area contributed by atoms with Crippen LogP contribution in [0.25, 0.3) is 0 Å². The Bertz CT molecular complexity index is 731. The minimum Gasteiger partial charge on any atom is -0.339 e. The molecule has 2 aromatic rings. The molecule has 4 nitrogen and oxygen atoms in total. The van der Waals surface area contributed by atoms with E-state index in [4.69, 9.17) is 11.6 Å². The van der Waals surface area contributed by atoms with Crippen LogP contribution in [0.2, 0.25) is 5.02 Å². The van der Waals surface area contributed by atoms with Gasteiger partial charge >= 0.3 is 0 Å². The molecule has 0 atom stereocenters. The van der Waals surface area contributed by atoms with Crippen LogP contribution in [0, 0.1) is 9.52 Å². The molecule has 1 aromatic heterocycles. The van der Waals surface area contributed by atoms with Crippen molar-refractivity contribution in [1.82, 2.24) is 14.7 Å². The Kier molecular flexibility index (Phi) is 3.92. The number of rotatable bonds is 2. The summed E-state index contributed by atoms with van der Waals surface area (Å²) in [5, 5.41) is 4.89. The third-order valence-corrected chi connectivity index (χ3v) is 4.81. The van der Waals surface area contributed by atoms with Crippen LogP contribution in [-0.2, 0) is 13.0 Å². The van der Waals surface area contributed by atoms with Crippen molar-refractivity contribution in [2.75, 3.05) is 13.6 Å². The van der Waals surface area contributed by atoms with Crippen molar-refractivity contribution in [3.63, 3.8) is 0 Å². The number of carbonyl (C=O) groups excluding carboxylic acids is 1. The summed E-state index contributed by atoms with van der Waals surface area (Å²) in [7, 11) is 1.77. The smallest absolute Gasteiger partial charge is 0.272 e. The molecule has 0 fully saturated rings. The number of benzene rings is 1. The van der Waals surface area contributed by atoms with Crippen LogP contribution >= 0.6 is 34.2 Å². The number of likely N-dealkylation sites (N-methyl/N-ethyl adjacent to an activating group) is 1. The normalized spacial score (nSPS) is 14.5. The number of hydrogen-bond acceptors (Lipinski definition) is 2. The second-order valence-corrected chi connectivity index (χ2v) is 6.41. The quantitative estimate of drug-likeness (QED) is 0.702. The van der Waals surface area contributed by atoms with Crippen LogP contribution in [0.5, 0.6) is 0 Å². The van der Waals surface area contributed by atoms with Crippen LogP contribution in [0.4, 0.5) is 4.39 Å². The molecule has 0 aliphatic carbocycles. The van der Waals surface area contributed by atoms with Gasteiger partial charge in [-0.1, -0.05) is 11.6 Å². The summed E-state index contributed by atoms with van der Waals surface area (Å²) >= 11 is 8.23. The molecular formula is C14H12ClFIN3O. The number of carbonyl (C=O) groups is 1. The summed E-state index contributed by atoms with van der Waals surface area (Å²) in [6.45, 7) is 1.31. The maximum atomic E-state index is 13.4. The monoisotopic (exact) mass is 419 g/mol. The van der Waals surface area contributed by atoms with Gasteiger partial charge in [0.25, 0.3) is 5.91 Å². The predicted octanol–water partition coefficient (Wildman–Crippen LogP) is 2.96. The standard InChI is InChI=1S/C14H12ClFIN3O/c1-19-4-5-20-12(14(19)21)10(13(17)18-20)7-8-6-9(16)2-3-11(8)15/h2-3,6H,4-5,7H2,1H3. The second kappa shape index (κ2) is 5.57. The van der Waals surface area contributed by atoms with Gasteiger partial charge < -0.3 is 4.90 Å². The Morgan fingerprint density at radius 3 is 2.95 bits per heavy atom. The van der Waals surface area contributed by atoms with Crippen molar-refractivity contribution in [2.45, 2.75) is 13.0 Å². The molecule has 2 heterocycles. The van der Waals surface area contributed by atoms with Crippen LogP contribution in [0.1, 0.15) is 21.6 Å². The Morgan fingerprint density at radius 1 is 1.43 bits per heavy atom. The molecule has 21 heavy (non-hydrogen) atoms. The van der Waals surface area contributed by atoms with Crippen molar-refractivity contribution in [3.8, 4) is 0 Å². The molecule has 7 heteroatoms. The van der Waals surface area contributed by atoms with E-state index in [-0.39, 0.29) is 11.7 Å². The van der Waals surface area contributed by atoms with Gasteiger partial charge in [0.15, 0.2) is 0 Å². The second-order valence-electron chi connectivity index (χ2n) is 4.98. The molecule has 3 rings (SSSR count). The molecular weight excluding hydrogens is 408 g/mol. The maximum Gasteiger partial charge on any atom is 0.272 e. The van der Waals surface area contributed by atoms with Gasteiger partial charge in [-0.3, -0.25) is 9.48 Å². The van der Waals surface area contributed by atoms with Crippen LogP contribution in [0.15, 0.2) is 18.2 Å². The summed E-state index contributed by atoms with van der Waals surface area (Å²) in [6.07, 6.45) is 0.393. The number of halogens is 3. The number of aromatic nitrogens is 2. The fourth-order valence-electron chi connectivity index (χ4n) is 2.42. The van der Waals surface area contributed by atoms with Crippen LogP contribution < -0.4 is 0 Å². The summed E-state index contributed by atoms with van der Waals surface area (Å²) in [5.41, 5.74) is 2.04. The highest BCUT2D eigenvalue weighted by Crippen LogP contribution is 2.27. The van der Waals surface area contributed by atoms with E-state index in [1.807, 2.05) is 0 Å². The average Bonchev–Trinajstić information content (AvgIpc) is 2.75. The van der Waals surface area contributed by atoms with Gasteiger partial charge in [-0.25, -0.2) is 4.39 Å². The molecule has 1 aromatic carbocycles. The molecule has 0 spiro atoms. The lowest BCUT2D eigenvalue weighted by Crippen LogP contribution is -2.38. The highest BCUT2D eigenvalue weighted by molar-refractivity contribution is 14.1. The first-order valence-corrected chi connectivity index (χ1v) is 7.87. The molecule has 0 saturated carbocycles. The van der Waals surface area contributed by atoms with E-state index >= 15 is 0 Å². The number of nitrogens with zero attached hydrogens (tertiary/aromatic N) is 3. The summed E-state index contributed by atoms with van der Waals surface area (Å²) in [6, 6.07) is 4.26. The maximum absolute atomic E-state index is 13.4. The lowest BCUT2D eigenvalue weighted by molar-refractivity contribution is 0.0741. The van der Waals surface area contributed by atoms with Crippen LogP contribution in [0.3, 0.4) is 0 Å². The number of amides is 1. The van der Waals surface area contributed by atoms with Crippen molar-refractivity contribution in [2.24, 2.45) is 0 Å². The van der Waals surface area contributed by atoms with Gasteiger partial charge in [-0.05, 0) is 46.4 Å². The molecule has 0 saturated heterocycles. The van der Waals surface area contributed by atoms with Gasteiger partial charge in [0, 0.05) is 30.6 Å². The van der Waals surface area contributed by atoms with Crippen molar-refractivity contribution >= 4 is 40.1 Å². The van der Waals surface area contributed by atoms with E-state index in [1.54, 1.807) is 16.6 Å². The average molecular weight is 420 g/mol. The predicted molar refractivity (Wildman–Crippen MR) is 86.1 cm³/mol. The molecule has 1 aliphatic heterocycles. The van der Waals surface area contributed by atoms with Crippen LogP contribution in [-0.4, -0.2) is 34.2 Å². The molecule has 110 valence electrons. The first-order valence-electron chi connectivity index (χ1n) is 6.42. The molecule has 1 aliphatic rings. The number of fused-ring (bicyclic) bond motifs is 1. The summed E-state index contributed by atoms with van der Waals surface area (Å²) in [5.74, 6) is -0.395. The van der Waals surface area contributed by atoms with Gasteiger partial charge in [-0.2, -0.15) is 5.10 Å². The first-order chi connectivity index (χ1) is 9.97. The SMILES string of the molecule is CN1CCn2nc(I)c(Cc3cc(F)ccc3Cl)c2C1=O. The van der Waals surface area contributed by atoms with Crippen molar-refractivity contribution in [1.29, 1.82) is 0 Å². The zero-order valence-corrected chi connectivity index (χ0v) is 14.2. The van der Waals surface area contributed by atoms with E-state index in [0.717, 1.165) is 9.26 Å². The van der Waals surface area contributed by atoms with Gasteiger partial charge in [0.2, 0.25) is 0 Å². The zero-order chi connectivity index (χ0) is 15.1. The van der Waals surface area contributed by atoms with Gasteiger partial charge in [0.1, 0.15) is 15.2 Å². The zero-order valence-electron chi connectivity index (χ0n) is 11.2. The number of hydrogen-bond donors (Lipinski definition) is 0. The van der Waals surface area contributed by atoms with E-state index in [0.29, 0.717) is 35.8 Å². The fraction of sp³-hybridized carbons (Fsp3) is 0.286. The fourth-order valence-corrected chi connectivity index (χ4v) is 3.31. The minimum absolute atomic E-state index is 0.0563. The third kappa shape index (κ3) is 2.66. The Balaban J connectivity index is 2.06. The van der Waals surface area contributed by atoms with Gasteiger partial charge in [0.05, 0.1) is 6.54 Å². The third-order valence-electron chi connectivity index (χ3n) is 3.57. The van der Waals surface area contributed by atoms with E-state index in [2.05, 4.69) is 27.7 Å². The Labute approximate surface area is 140 Å². The summed E-state index contributed by atoms with van der Waals surface area (Å²) < 4.78 is 15.9. The molecule has 0 unspecified atom stereocenters. The van der Waals surface area contributed by atoms with Gasteiger partial charge in [-0.15, -0.1) is 0 Å². The Hall–Kier alpha value is -1.15. The summed E-state index contributed by atoms with van der Waals surface area (Å²) in [4.78, 5) is 14.0. The highest BCUT2D eigenvalue weighted by atomic mass is 127. The lowest BCUT2D eigenvalue weighted by atomic mass is 10.0. The van der Waals surface area contributed by atoms with Crippen molar-refractivity contribution < 1.29 is 9.18 Å². The van der Waals surface area contributed by atoms with E-state index in [9.17, 15) is 9.18 Å². The minimum atomic E-state index is -0.339. The topological polar surface area (TPSA) is 38.1 Å². The lowest BCUT2D eigenvalue weighted by Gasteiger charge is -2.24. The molecule has 1 amide bonds. The highest BCUT2D eigenvalue weighted by Gasteiger charge is 2.28. The van der Waals surface area contributed by atoms with E-state index in [1.165, 1.54) is 18.2 Å². The molecule has 0 N–H and O–H groups in total.